The van der Waals surface area contributed by atoms with Crippen molar-refractivity contribution < 1.29 is 9.13 Å². The molecule has 1 aromatic heterocycles. The molecule has 0 spiro atoms. The minimum atomic E-state index is -0.263. The number of nitrogens with one attached hydrogen (secondary N) is 2. The van der Waals surface area contributed by atoms with Crippen LogP contribution in [0.5, 0.6) is 0 Å². The minimum absolute atomic E-state index is 0.263. The number of unbranched alkanes of at least 4 members (excludes halogenated alkanes) is 1. The van der Waals surface area contributed by atoms with Crippen molar-refractivity contribution in [3.63, 3.8) is 0 Å². The molecule has 0 bridgehead atoms. The summed E-state index contributed by atoms with van der Waals surface area (Å²) in [6.07, 6.45) is 2.23. The molecule has 0 unspecified atom stereocenters. The van der Waals surface area contributed by atoms with Gasteiger partial charge in [0.1, 0.15) is 5.82 Å². The van der Waals surface area contributed by atoms with E-state index in [9.17, 15) is 4.39 Å². The smallest absolute Gasteiger partial charge is 0.201 e. The summed E-state index contributed by atoms with van der Waals surface area (Å²) in [5.74, 6) is 0.385. The number of rotatable bonds is 7. The van der Waals surface area contributed by atoms with Crippen LogP contribution >= 0.6 is 0 Å². The first kappa shape index (κ1) is 12.8. The number of ether oxygens (including phenoxy) is 1. The van der Waals surface area contributed by atoms with Gasteiger partial charge < -0.3 is 15.0 Å². The molecule has 5 heteroatoms. The molecule has 1 aromatic carbocycles. The molecule has 2 aromatic rings. The molecule has 18 heavy (non-hydrogen) atoms. The topological polar surface area (TPSA) is 49.9 Å². The number of H-pyrrole nitrogens is 1. The van der Waals surface area contributed by atoms with E-state index in [-0.39, 0.29) is 5.82 Å². The highest BCUT2D eigenvalue weighted by molar-refractivity contribution is 5.77. The monoisotopic (exact) mass is 251 g/mol. The van der Waals surface area contributed by atoms with Gasteiger partial charge in [-0.1, -0.05) is 13.3 Å². The molecular formula is C13H18FN3O. The Kier molecular flexibility index (Phi) is 4.52. The molecule has 0 fully saturated rings. The average Bonchev–Trinajstić information content (AvgIpc) is 2.75. The minimum Gasteiger partial charge on any atom is -0.380 e. The van der Waals surface area contributed by atoms with E-state index >= 15 is 0 Å². The number of aromatic nitrogens is 2. The third-order valence-electron chi connectivity index (χ3n) is 2.62. The zero-order valence-corrected chi connectivity index (χ0v) is 10.5. The number of anilines is 1. The lowest BCUT2D eigenvalue weighted by atomic mass is 10.3. The second-order valence-electron chi connectivity index (χ2n) is 4.14. The van der Waals surface area contributed by atoms with Gasteiger partial charge in [0.2, 0.25) is 5.95 Å². The van der Waals surface area contributed by atoms with E-state index in [4.69, 9.17) is 4.74 Å². The predicted octanol–water partition coefficient (Wildman–Crippen LogP) is 2.93. The highest BCUT2D eigenvalue weighted by Crippen LogP contribution is 2.14. The van der Waals surface area contributed by atoms with Gasteiger partial charge in [-0.15, -0.1) is 0 Å². The van der Waals surface area contributed by atoms with Gasteiger partial charge in [-0.05, 0) is 24.6 Å². The van der Waals surface area contributed by atoms with Gasteiger partial charge in [0.15, 0.2) is 0 Å². The molecule has 0 radical (unpaired) electrons. The third kappa shape index (κ3) is 3.43. The van der Waals surface area contributed by atoms with Crippen molar-refractivity contribution in [2.75, 3.05) is 25.1 Å². The first-order valence-electron chi connectivity index (χ1n) is 6.26. The normalized spacial score (nSPS) is 11.0. The molecule has 2 rings (SSSR count). The SMILES string of the molecule is CCCCOCCNc1nc2ccc(F)cc2[nH]1. The van der Waals surface area contributed by atoms with E-state index < -0.39 is 0 Å². The Morgan fingerprint density at radius 3 is 3.11 bits per heavy atom. The summed E-state index contributed by atoms with van der Waals surface area (Å²) in [7, 11) is 0. The summed E-state index contributed by atoms with van der Waals surface area (Å²) in [5, 5.41) is 3.12. The van der Waals surface area contributed by atoms with Crippen LogP contribution in [0.3, 0.4) is 0 Å². The van der Waals surface area contributed by atoms with Crippen molar-refractivity contribution in [1.82, 2.24) is 9.97 Å². The van der Waals surface area contributed by atoms with E-state index in [0.29, 0.717) is 24.6 Å². The molecule has 0 aliphatic rings. The van der Waals surface area contributed by atoms with E-state index in [1.807, 2.05) is 0 Å². The quantitative estimate of drug-likeness (QED) is 0.744. The number of benzene rings is 1. The molecule has 0 atom stereocenters. The van der Waals surface area contributed by atoms with Gasteiger partial charge >= 0.3 is 0 Å². The lowest BCUT2D eigenvalue weighted by molar-refractivity contribution is 0.141. The summed E-state index contributed by atoms with van der Waals surface area (Å²) in [6, 6.07) is 4.50. The summed E-state index contributed by atoms with van der Waals surface area (Å²) < 4.78 is 18.4. The van der Waals surface area contributed by atoms with Crippen LogP contribution in [0.25, 0.3) is 11.0 Å². The Balaban J connectivity index is 1.81. The summed E-state index contributed by atoms with van der Waals surface area (Å²) in [6.45, 7) is 4.26. The van der Waals surface area contributed by atoms with Crippen LogP contribution in [0.1, 0.15) is 19.8 Å². The van der Waals surface area contributed by atoms with Crippen molar-refractivity contribution >= 4 is 17.0 Å². The average molecular weight is 251 g/mol. The van der Waals surface area contributed by atoms with Crippen LogP contribution < -0.4 is 5.32 Å². The Bertz CT molecular complexity index is 498. The zero-order chi connectivity index (χ0) is 12.8. The van der Waals surface area contributed by atoms with Gasteiger partial charge in [-0.2, -0.15) is 0 Å². The van der Waals surface area contributed by atoms with Crippen molar-refractivity contribution in [2.24, 2.45) is 0 Å². The molecule has 0 saturated heterocycles. The number of hydrogen-bond acceptors (Lipinski definition) is 3. The lowest BCUT2D eigenvalue weighted by Crippen LogP contribution is -2.10. The molecule has 2 N–H and O–H groups in total. The van der Waals surface area contributed by atoms with Crippen molar-refractivity contribution in [1.29, 1.82) is 0 Å². The van der Waals surface area contributed by atoms with E-state index in [1.54, 1.807) is 6.07 Å². The van der Waals surface area contributed by atoms with Crippen LogP contribution in [0, 0.1) is 5.82 Å². The molecular weight excluding hydrogens is 233 g/mol. The van der Waals surface area contributed by atoms with E-state index in [0.717, 1.165) is 25.0 Å². The number of fused-ring (bicyclic) bond motifs is 1. The molecule has 0 amide bonds. The van der Waals surface area contributed by atoms with Crippen LogP contribution in [0.2, 0.25) is 0 Å². The largest absolute Gasteiger partial charge is 0.380 e. The summed E-state index contributed by atoms with van der Waals surface area (Å²) in [5.41, 5.74) is 1.45. The Morgan fingerprint density at radius 2 is 2.28 bits per heavy atom. The van der Waals surface area contributed by atoms with Crippen LogP contribution in [0.4, 0.5) is 10.3 Å². The maximum Gasteiger partial charge on any atom is 0.201 e. The van der Waals surface area contributed by atoms with Crippen molar-refractivity contribution in [2.45, 2.75) is 19.8 Å². The molecule has 0 saturated carbocycles. The Morgan fingerprint density at radius 1 is 1.39 bits per heavy atom. The van der Waals surface area contributed by atoms with Gasteiger partial charge in [-0.3, -0.25) is 0 Å². The van der Waals surface area contributed by atoms with Crippen molar-refractivity contribution in [3.8, 4) is 0 Å². The lowest BCUT2D eigenvalue weighted by Gasteiger charge is -2.03. The fourth-order valence-electron chi connectivity index (χ4n) is 1.66. The van der Waals surface area contributed by atoms with Crippen LogP contribution in [-0.4, -0.2) is 29.7 Å². The third-order valence-corrected chi connectivity index (χ3v) is 2.62. The molecule has 98 valence electrons. The van der Waals surface area contributed by atoms with E-state index in [1.165, 1.54) is 12.1 Å². The Hall–Kier alpha value is -1.62. The number of hydrogen-bond donors (Lipinski definition) is 2. The van der Waals surface area contributed by atoms with E-state index in [2.05, 4.69) is 22.2 Å². The fourth-order valence-corrected chi connectivity index (χ4v) is 1.66. The maximum atomic E-state index is 13.0. The molecule has 0 aliphatic heterocycles. The van der Waals surface area contributed by atoms with Gasteiger partial charge in [0, 0.05) is 13.2 Å². The predicted molar refractivity (Wildman–Crippen MR) is 70.3 cm³/mol. The first-order valence-corrected chi connectivity index (χ1v) is 6.26. The van der Waals surface area contributed by atoms with Gasteiger partial charge in [0.05, 0.1) is 17.6 Å². The fraction of sp³-hybridized carbons (Fsp3) is 0.462. The number of imidazole rings is 1. The highest BCUT2D eigenvalue weighted by Gasteiger charge is 2.02. The first-order chi connectivity index (χ1) is 8.79. The van der Waals surface area contributed by atoms with Crippen molar-refractivity contribution in [3.05, 3.63) is 24.0 Å². The van der Waals surface area contributed by atoms with Crippen LogP contribution in [0.15, 0.2) is 18.2 Å². The molecule has 4 nitrogen and oxygen atoms in total. The highest BCUT2D eigenvalue weighted by atomic mass is 19.1. The molecule has 0 aliphatic carbocycles. The second-order valence-corrected chi connectivity index (χ2v) is 4.14. The Labute approximate surface area is 106 Å². The maximum absolute atomic E-state index is 13.0. The van der Waals surface area contributed by atoms with Crippen LogP contribution in [-0.2, 0) is 4.74 Å². The number of halogens is 1. The zero-order valence-electron chi connectivity index (χ0n) is 10.5. The second kappa shape index (κ2) is 6.35. The number of nitrogens with zero attached hydrogens (tertiary/aromatic N) is 1. The number of aromatic amines is 1. The summed E-state index contributed by atoms with van der Waals surface area (Å²) in [4.78, 5) is 7.32. The van der Waals surface area contributed by atoms with Gasteiger partial charge in [-0.25, -0.2) is 9.37 Å². The summed E-state index contributed by atoms with van der Waals surface area (Å²) >= 11 is 0. The van der Waals surface area contributed by atoms with Gasteiger partial charge in [0.25, 0.3) is 0 Å². The molecule has 1 heterocycles. The standard InChI is InChI=1S/C13H18FN3O/c1-2-3-7-18-8-6-15-13-16-11-5-4-10(14)9-12(11)17-13/h4-5,9H,2-3,6-8H2,1H3,(H2,15,16,17).